The lowest BCUT2D eigenvalue weighted by Crippen LogP contribution is -2.22. The molecular formula is C34H32O2S2. The van der Waals surface area contributed by atoms with Crippen molar-refractivity contribution in [1.29, 1.82) is 0 Å². The van der Waals surface area contributed by atoms with Gasteiger partial charge in [-0.3, -0.25) is 9.59 Å². The van der Waals surface area contributed by atoms with Crippen LogP contribution in [0.5, 0.6) is 0 Å². The van der Waals surface area contributed by atoms with Crippen LogP contribution in [0, 0.1) is 0 Å². The van der Waals surface area contributed by atoms with E-state index in [-0.39, 0.29) is 11.6 Å². The number of fused-ring (bicyclic) bond motifs is 2. The Bertz CT molecular complexity index is 1340. The molecule has 0 aromatic heterocycles. The first-order valence-electron chi connectivity index (χ1n) is 13.5. The Hall–Kier alpha value is -3.08. The third-order valence-corrected chi connectivity index (χ3v) is 9.07. The molecule has 0 unspecified atom stereocenters. The number of ketones is 2. The van der Waals surface area contributed by atoms with Crippen LogP contribution in [0.2, 0.25) is 0 Å². The van der Waals surface area contributed by atoms with E-state index in [0.29, 0.717) is 22.3 Å². The standard InChI is InChI=1S/C34H32O2S2/c1-3-5-9-23-15-19-25(20-16-23)37-29-13-7-11-27-31(29)33(35)28-12-8-14-30(32(28)34(27)36)38-26-21-17-24(18-22-26)10-6-4-2/h7-8,11-22H,3-6,9-10H2,1-2H3. The zero-order valence-electron chi connectivity index (χ0n) is 22.0. The van der Waals surface area contributed by atoms with Crippen molar-refractivity contribution in [3.8, 4) is 0 Å². The summed E-state index contributed by atoms with van der Waals surface area (Å²) >= 11 is 3.10. The van der Waals surface area contributed by atoms with Crippen molar-refractivity contribution in [2.45, 2.75) is 72.0 Å². The molecule has 4 heteroatoms. The van der Waals surface area contributed by atoms with Gasteiger partial charge >= 0.3 is 0 Å². The molecule has 192 valence electrons. The molecule has 0 saturated carbocycles. The second-order valence-corrected chi connectivity index (χ2v) is 11.9. The summed E-state index contributed by atoms with van der Waals surface area (Å²) < 4.78 is 0. The quantitative estimate of drug-likeness (QED) is 0.178. The van der Waals surface area contributed by atoms with Crippen LogP contribution >= 0.6 is 23.5 Å². The van der Waals surface area contributed by atoms with Gasteiger partial charge < -0.3 is 0 Å². The molecule has 2 nitrogen and oxygen atoms in total. The number of benzene rings is 4. The minimum atomic E-state index is -0.0744. The summed E-state index contributed by atoms with van der Waals surface area (Å²) in [6, 6.07) is 28.3. The smallest absolute Gasteiger partial charge is 0.195 e. The fraction of sp³-hybridized carbons (Fsp3) is 0.235. The van der Waals surface area contributed by atoms with Crippen molar-refractivity contribution < 1.29 is 9.59 Å². The Morgan fingerprint density at radius 1 is 0.526 bits per heavy atom. The van der Waals surface area contributed by atoms with E-state index in [1.807, 2.05) is 24.3 Å². The highest BCUT2D eigenvalue weighted by Crippen LogP contribution is 2.41. The minimum absolute atomic E-state index is 0.0744. The Kier molecular flexibility index (Phi) is 8.51. The monoisotopic (exact) mass is 536 g/mol. The summed E-state index contributed by atoms with van der Waals surface area (Å²) in [4.78, 5) is 31.4. The second-order valence-electron chi connectivity index (χ2n) is 9.71. The molecule has 0 amide bonds. The maximum Gasteiger partial charge on any atom is 0.195 e. The molecule has 0 fully saturated rings. The van der Waals surface area contributed by atoms with E-state index < -0.39 is 0 Å². The lowest BCUT2D eigenvalue weighted by molar-refractivity contribution is 0.0974. The summed E-state index contributed by atoms with van der Waals surface area (Å²) in [5.41, 5.74) is 4.68. The van der Waals surface area contributed by atoms with Gasteiger partial charge in [0.25, 0.3) is 0 Å². The van der Waals surface area contributed by atoms with Gasteiger partial charge in [-0.05, 0) is 73.2 Å². The molecule has 0 N–H and O–H groups in total. The summed E-state index contributed by atoms with van der Waals surface area (Å²) in [7, 11) is 0. The molecule has 5 rings (SSSR count). The highest BCUT2D eigenvalue weighted by atomic mass is 32.2. The molecule has 4 aromatic rings. The van der Waals surface area contributed by atoms with E-state index in [4.69, 9.17) is 0 Å². The van der Waals surface area contributed by atoms with Gasteiger partial charge in [0.15, 0.2) is 11.6 Å². The Morgan fingerprint density at radius 2 is 0.921 bits per heavy atom. The number of hydrogen-bond donors (Lipinski definition) is 0. The first-order valence-corrected chi connectivity index (χ1v) is 15.1. The Balaban J connectivity index is 1.42. The van der Waals surface area contributed by atoms with Crippen LogP contribution in [-0.4, -0.2) is 11.6 Å². The van der Waals surface area contributed by atoms with Crippen LogP contribution in [0.3, 0.4) is 0 Å². The maximum atomic E-state index is 13.8. The van der Waals surface area contributed by atoms with E-state index in [0.717, 1.165) is 32.4 Å². The fourth-order valence-corrected chi connectivity index (χ4v) is 6.77. The summed E-state index contributed by atoms with van der Waals surface area (Å²) in [5.74, 6) is -0.149. The van der Waals surface area contributed by atoms with E-state index in [2.05, 4.69) is 62.4 Å². The van der Waals surface area contributed by atoms with Crippen LogP contribution in [-0.2, 0) is 12.8 Å². The SMILES string of the molecule is CCCCc1ccc(Sc2cccc3c2C(=O)c2cccc(Sc4ccc(CCCC)cc4)c2C3=O)cc1. The van der Waals surface area contributed by atoms with Crippen LogP contribution < -0.4 is 0 Å². The van der Waals surface area contributed by atoms with Gasteiger partial charge in [0.05, 0.1) is 0 Å². The lowest BCUT2D eigenvalue weighted by Gasteiger charge is -2.22. The van der Waals surface area contributed by atoms with Gasteiger partial charge in [-0.2, -0.15) is 0 Å². The number of carbonyl (C=O) groups excluding carboxylic acids is 2. The van der Waals surface area contributed by atoms with Crippen molar-refractivity contribution in [3.05, 3.63) is 118 Å². The summed E-state index contributed by atoms with van der Waals surface area (Å²) in [5, 5.41) is 0. The zero-order valence-corrected chi connectivity index (χ0v) is 23.6. The van der Waals surface area contributed by atoms with Crippen molar-refractivity contribution in [1.82, 2.24) is 0 Å². The van der Waals surface area contributed by atoms with Gasteiger partial charge in [0.2, 0.25) is 0 Å². The first-order chi connectivity index (χ1) is 18.6. The van der Waals surface area contributed by atoms with Crippen molar-refractivity contribution in [2.24, 2.45) is 0 Å². The normalized spacial score (nSPS) is 12.4. The fourth-order valence-electron chi connectivity index (χ4n) is 4.81. The molecule has 1 aliphatic rings. The maximum absolute atomic E-state index is 13.8. The Morgan fingerprint density at radius 3 is 1.29 bits per heavy atom. The van der Waals surface area contributed by atoms with Gasteiger partial charge in [-0.25, -0.2) is 0 Å². The zero-order chi connectivity index (χ0) is 26.5. The van der Waals surface area contributed by atoms with Crippen molar-refractivity contribution in [2.75, 3.05) is 0 Å². The molecule has 0 saturated heterocycles. The van der Waals surface area contributed by atoms with Crippen LogP contribution in [0.1, 0.15) is 82.5 Å². The van der Waals surface area contributed by atoms with Crippen LogP contribution in [0.4, 0.5) is 0 Å². The molecule has 0 bridgehead atoms. The number of aryl methyl sites for hydroxylation is 2. The topological polar surface area (TPSA) is 34.1 Å². The molecule has 4 aromatic carbocycles. The first kappa shape index (κ1) is 26.5. The average molecular weight is 537 g/mol. The molecule has 1 aliphatic carbocycles. The van der Waals surface area contributed by atoms with E-state index in [1.54, 1.807) is 35.7 Å². The van der Waals surface area contributed by atoms with Gasteiger partial charge in [-0.1, -0.05) is 98.7 Å². The molecule has 0 aliphatic heterocycles. The molecule has 0 heterocycles. The highest BCUT2D eigenvalue weighted by molar-refractivity contribution is 7.99. The Labute approximate surface area is 234 Å². The molecular weight excluding hydrogens is 505 g/mol. The molecule has 0 spiro atoms. The minimum Gasteiger partial charge on any atom is -0.289 e. The highest BCUT2D eigenvalue weighted by Gasteiger charge is 2.33. The van der Waals surface area contributed by atoms with Gasteiger partial charge in [0.1, 0.15) is 0 Å². The number of hydrogen-bond acceptors (Lipinski definition) is 4. The molecule has 0 radical (unpaired) electrons. The number of rotatable bonds is 10. The van der Waals surface area contributed by atoms with Crippen LogP contribution in [0.15, 0.2) is 105 Å². The van der Waals surface area contributed by atoms with Crippen LogP contribution in [0.25, 0.3) is 0 Å². The largest absolute Gasteiger partial charge is 0.289 e. The van der Waals surface area contributed by atoms with Crippen molar-refractivity contribution in [3.63, 3.8) is 0 Å². The molecule has 0 atom stereocenters. The third-order valence-electron chi connectivity index (χ3n) is 6.94. The summed E-state index contributed by atoms with van der Waals surface area (Å²) in [6.07, 6.45) is 6.87. The van der Waals surface area contributed by atoms with Gasteiger partial charge in [-0.15, -0.1) is 0 Å². The van der Waals surface area contributed by atoms with E-state index in [1.165, 1.54) is 36.8 Å². The number of carbonyl (C=O) groups is 2. The van der Waals surface area contributed by atoms with Crippen molar-refractivity contribution >= 4 is 35.1 Å². The summed E-state index contributed by atoms with van der Waals surface area (Å²) in [6.45, 7) is 4.40. The number of unbranched alkanes of at least 4 members (excludes halogenated alkanes) is 2. The van der Waals surface area contributed by atoms with E-state index in [9.17, 15) is 9.59 Å². The predicted octanol–water partition coefficient (Wildman–Crippen LogP) is 9.45. The van der Waals surface area contributed by atoms with E-state index >= 15 is 0 Å². The third kappa shape index (κ3) is 5.67. The second kappa shape index (κ2) is 12.2. The predicted molar refractivity (Wildman–Crippen MR) is 158 cm³/mol. The van der Waals surface area contributed by atoms with Gasteiger partial charge in [0, 0.05) is 41.8 Å². The molecule has 38 heavy (non-hydrogen) atoms. The lowest BCUT2D eigenvalue weighted by atomic mass is 9.84. The average Bonchev–Trinajstić information content (AvgIpc) is 2.95.